The quantitative estimate of drug-likeness (QED) is 0.280. The maximum Gasteiger partial charge on any atom is 0.339 e. The van der Waals surface area contributed by atoms with Crippen molar-refractivity contribution in [2.45, 2.75) is 51.2 Å². The normalized spacial score (nSPS) is 12.3. The maximum absolute atomic E-state index is 12.5. The second-order valence-corrected chi connectivity index (χ2v) is 10.5. The van der Waals surface area contributed by atoms with Gasteiger partial charge in [0.2, 0.25) is 0 Å². The number of carbonyl (C=O) groups is 1. The fraction of sp³-hybridized carbons (Fsp3) is 0.321. The summed E-state index contributed by atoms with van der Waals surface area (Å²) >= 11 is 0. The highest BCUT2D eigenvalue weighted by Gasteiger charge is 2.18. The lowest BCUT2D eigenvalue weighted by Crippen LogP contribution is -2.27. The maximum atomic E-state index is 12.5. The Balaban J connectivity index is 1.63. The fourth-order valence-corrected chi connectivity index (χ4v) is 4.60. The highest BCUT2D eigenvalue weighted by molar-refractivity contribution is 7.87. The fourth-order valence-electron chi connectivity index (χ4n) is 3.67. The molecule has 3 aromatic rings. The summed E-state index contributed by atoms with van der Waals surface area (Å²) in [5.74, 6) is 0.0379. The zero-order chi connectivity index (χ0) is 25.3. The Bertz CT molecular complexity index is 1170. The molecule has 0 aliphatic rings. The first-order valence-corrected chi connectivity index (χ1v) is 13.2. The van der Waals surface area contributed by atoms with E-state index in [0.29, 0.717) is 25.9 Å². The first kappa shape index (κ1) is 26.4. The molecule has 3 aromatic carbocycles. The van der Waals surface area contributed by atoms with Gasteiger partial charge in [-0.2, -0.15) is 8.42 Å². The summed E-state index contributed by atoms with van der Waals surface area (Å²) in [6, 6.07) is 23.6. The second kappa shape index (κ2) is 12.5. The summed E-state index contributed by atoms with van der Waals surface area (Å²) in [7, 11) is -3.90. The third-order valence-corrected chi connectivity index (χ3v) is 6.65. The van der Waals surface area contributed by atoms with Crippen LogP contribution in [0.25, 0.3) is 0 Å². The summed E-state index contributed by atoms with van der Waals surface area (Å²) in [5, 5.41) is 3.43. The SMILES string of the molecule is Cc1ccc(S(=O)(=O)Oc2ccc(CC(CNCc3ccccc3)CC(=O)OC(C)C)cc2)cc1. The molecule has 0 saturated carbocycles. The minimum atomic E-state index is -3.90. The van der Waals surface area contributed by atoms with E-state index < -0.39 is 10.1 Å². The van der Waals surface area contributed by atoms with Crippen molar-refractivity contribution in [1.29, 1.82) is 0 Å². The van der Waals surface area contributed by atoms with Gasteiger partial charge in [-0.3, -0.25) is 4.79 Å². The van der Waals surface area contributed by atoms with Crippen LogP contribution in [-0.4, -0.2) is 27.0 Å². The van der Waals surface area contributed by atoms with Crippen molar-refractivity contribution in [3.63, 3.8) is 0 Å². The van der Waals surface area contributed by atoms with Crippen LogP contribution in [0.4, 0.5) is 0 Å². The minimum Gasteiger partial charge on any atom is -0.463 e. The number of rotatable bonds is 12. The second-order valence-electron chi connectivity index (χ2n) is 8.92. The number of hydrogen-bond acceptors (Lipinski definition) is 6. The summed E-state index contributed by atoms with van der Waals surface area (Å²) in [6.07, 6.45) is 0.771. The number of carbonyl (C=O) groups excluding carboxylic acids is 1. The van der Waals surface area contributed by atoms with E-state index in [2.05, 4.69) is 17.4 Å². The van der Waals surface area contributed by atoms with Crippen molar-refractivity contribution in [2.75, 3.05) is 6.54 Å². The van der Waals surface area contributed by atoms with Crippen molar-refractivity contribution in [1.82, 2.24) is 5.32 Å². The summed E-state index contributed by atoms with van der Waals surface area (Å²) in [6.45, 7) is 6.92. The molecule has 6 nitrogen and oxygen atoms in total. The lowest BCUT2D eigenvalue weighted by Gasteiger charge is -2.18. The van der Waals surface area contributed by atoms with Crippen LogP contribution in [0.3, 0.4) is 0 Å². The van der Waals surface area contributed by atoms with Crippen LogP contribution >= 0.6 is 0 Å². The van der Waals surface area contributed by atoms with Gasteiger partial charge in [0.1, 0.15) is 10.6 Å². The third-order valence-electron chi connectivity index (χ3n) is 5.39. The van der Waals surface area contributed by atoms with Gasteiger partial charge in [-0.15, -0.1) is 0 Å². The molecule has 1 atom stereocenters. The predicted octanol–water partition coefficient (Wildman–Crippen LogP) is 5.05. The van der Waals surface area contributed by atoms with E-state index in [1.807, 2.05) is 51.1 Å². The molecule has 0 heterocycles. The smallest absolute Gasteiger partial charge is 0.339 e. The average molecular weight is 496 g/mol. The van der Waals surface area contributed by atoms with E-state index in [0.717, 1.165) is 11.1 Å². The van der Waals surface area contributed by atoms with E-state index in [1.165, 1.54) is 17.7 Å². The Labute approximate surface area is 208 Å². The molecule has 0 fully saturated rings. The molecule has 0 bridgehead atoms. The monoisotopic (exact) mass is 495 g/mol. The van der Waals surface area contributed by atoms with E-state index in [4.69, 9.17) is 8.92 Å². The van der Waals surface area contributed by atoms with Crippen molar-refractivity contribution >= 4 is 16.1 Å². The summed E-state index contributed by atoms with van der Waals surface area (Å²) in [5.41, 5.74) is 3.12. The number of benzene rings is 3. The molecule has 1 N–H and O–H groups in total. The lowest BCUT2D eigenvalue weighted by atomic mass is 9.96. The van der Waals surface area contributed by atoms with Crippen LogP contribution in [0.5, 0.6) is 5.75 Å². The number of esters is 1. The van der Waals surface area contributed by atoms with Crippen molar-refractivity contribution < 1.29 is 22.1 Å². The standard InChI is InChI=1S/C28H33NO5S/c1-21(2)33-28(30)18-25(20-29-19-24-7-5-4-6-8-24)17-23-11-13-26(14-12-23)34-35(31,32)27-15-9-22(3)10-16-27/h4-16,21,25,29H,17-20H2,1-3H3. The van der Waals surface area contributed by atoms with Crippen LogP contribution < -0.4 is 9.50 Å². The van der Waals surface area contributed by atoms with Crippen LogP contribution in [0.1, 0.15) is 37.0 Å². The number of hydrogen-bond donors (Lipinski definition) is 1. The van der Waals surface area contributed by atoms with Gasteiger partial charge in [0.25, 0.3) is 0 Å². The van der Waals surface area contributed by atoms with Crippen LogP contribution in [-0.2, 0) is 32.6 Å². The van der Waals surface area contributed by atoms with Gasteiger partial charge in [0, 0.05) is 13.0 Å². The van der Waals surface area contributed by atoms with Gasteiger partial charge < -0.3 is 14.2 Å². The molecule has 0 aliphatic heterocycles. The van der Waals surface area contributed by atoms with Crippen molar-refractivity contribution in [2.24, 2.45) is 5.92 Å². The van der Waals surface area contributed by atoms with E-state index >= 15 is 0 Å². The van der Waals surface area contributed by atoms with Gasteiger partial charge in [-0.05, 0) is 75.0 Å². The van der Waals surface area contributed by atoms with Gasteiger partial charge in [-0.1, -0.05) is 60.2 Å². The van der Waals surface area contributed by atoms with Crippen LogP contribution in [0, 0.1) is 12.8 Å². The third kappa shape index (κ3) is 8.85. The lowest BCUT2D eigenvalue weighted by molar-refractivity contribution is -0.148. The van der Waals surface area contributed by atoms with Gasteiger partial charge in [0.05, 0.1) is 6.10 Å². The largest absolute Gasteiger partial charge is 0.463 e. The number of aryl methyl sites for hydroxylation is 1. The Morgan fingerprint density at radius 3 is 2.17 bits per heavy atom. The van der Waals surface area contributed by atoms with Gasteiger partial charge >= 0.3 is 16.1 Å². The van der Waals surface area contributed by atoms with E-state index in [1.54, 1.807) is 24.3 Å². The molecular weight excluding hydrogens is 462 g/mol. The topological polar surface area (TPSA) is 81.7 Å². The molecule has 0 saturated heterocycles. The molecule has 0 aromatic heterocycles. The zero-order valence-corrected chi connectivity index (χ0v) is 21.3. The van der Waals surface area contributed by atoms with E-state index in [9.17, 15) is 13.2 Å². The van der Waals surface area contributed by atoms with Gasteiger partial charge in [-0.25, -0.2) is 0 Å². The number of ether oxygens (including phenoxy) is 1. The molecule has 3 rings (SSSR count). The predicted molar refractivity (Wildman–Crippen MR) is 137 cm³/mol. The molecule has 0 spiro atoms. The Morgan fingerprint density at radius 2 is 1.54 bits per heavy atom. The molecule has 0 aliphatic carbocycles. The molecule has 186 valence electrons. The Morgan fingerprint density at radius 1 is 0.886 bits per heavy atom. The highest BCUT2D eigenvalue weighted by atomic mass is 32.2. The first-order valence-electron chi connectivity index (χ1n) is 11.8. The summed E-state index contributed by atoms with van der Waals surface area (Å²) in [4.78, 5) is 12.4. The van der Waals surface area contributed by atoms with Crippen molar-refractivity contribution in [3.8, 4) is 5.75 Å². The average Bonchev–Trinajstić information content (AvgIpc) is 2.80. The van der Waals surface area contributed by atoms with E-state index in [-0.39, 0.29) is 28.6 Å². The molecule has 0 amide bonds. The van der Waals surface area contributed by atoms with Gasteiger partial charge in [0.15, 0.2) is 0 Å². The van der Waals surface area contributed by atoms with Crippen molar-refractivity contribution in [3.05, 3.63) is 95.6 Å². The number of nitrogens with one attached hydrogen (secondary N) is 1. The molecule has 0 radical (unpaired) electrons. The molecular formula is C28H33NO5S. The first-order chi connectivity index (χ1) is 16.7. The Kier molecular flexibility index (Phi) is 9.46. The highest BCUT2D eigenvalue weighted by Crippen LogP contribution is 2.21. The molecule has 35 heavy (non-hydrogen) atoms. The summed E-state index contributed by atoms with van der Waals surface area (Å²) < 4.78 is 35.7. The van der Waals surface area contributed by atoms with Crippen LogP contribution in [0.2, 0.25) is 0 Å². The molecule has 7 heteroatoms. The zero-order valence-electron chi connectivity index (χ0n) is 20.4. The van der Waals surface area contributed by atoms with Crippen LogP contribution in [0.15, 0.2) is 83.8 Å². The minimum absolute atomic E-state index is 0.0213. The Hall–Kier alpha value is -3.16. The molecule has 1 unspecified atom stereocenters.